The zero-order valence-corrected chi connectivity index (χ0v) is 12.7. The molecule has 3 aliphatic heterocycles. The van der Waals surface area contributed by atoms with Crippen LogP contribution in [-0.2, 0) is 0 Å². The fraction of sp³-hybridized carbons (Fsp3) is 0.533. The summed E-state index contributed by atoms with van der Waals surface area (Å²) in [5, 5.41) is 9.20. The number of aromatic nitrogens is 1. The van der Waals surface area contributed by atoms with Gasteiger partial charge in [-0.15, -0.1) is 0 Å². The summed E-state index contributed by atoms with van der Waals surface area (Å²) in [5.74, 6) is 2.07. The molecule has 1 atom stereocenters. The summed E-state index contributed by atoms with van der Waals surface area (Å²) < 4.78 is 10.7. The standard InChI is InChI=1S/C15H18ClN3O2/c1-20-14-11(16)3-2-10-13(14)21-18-15(10)17-12-8-19-6-4-9(12)5-7-19/h2-3,9,12H,4-8H2,1H3,(H,17,18). The summed E-state index contributed by atoms with van der Waals surface area (Å²) in [5.41, 5.74) is 0.605. The molecule has 3 aliphatic rings. The highest BCUT2D eigenvalue weighted by molar-refractivity contribution is 6.33. The van der Waals surface area contributed by atoms with Crippen LogP contribution in [0.4, 0.5) is 5.82 Å². The number of benzene rings is 1. The van der Waals surface area contributed by atoms with Gasteiger partial charge in [-0.25, -0.2) is 0 Å². The molecule has 1 aromatic heterocycles. The molecular formula is C15H18ClN3O2. The maximum atomic E-state index is 6.12. The van der Waals surface area contributed by atoms with Gasteiger partial charge in [0.05, 0.1) is 17.5 Å². The Morgan fingerprint density at radius 1 is 1.38 bits per heavy atom. The molecule has 6 heteroatoms. The quantitative estimate of drug-likeness (QED) is 0.944. The minimum Gasteiger partial charge on any atom is -0.491 e. The lowest BCUT2D eigenvalue weighted by Gasteiger charge is -2.44. The van der Waals surface area contributed by atoms with Crippen molar-refractivity contribution in [3.8, 4) is 5.75 Å². The number of ether oxygens (including phenoxy) is 1. The van der Waals surface area contributed by atoms with Gasteiger partial charge in [0.25, 0.3) is 0 Å². The highest BCUT2D eigenvalue weighted by Gasteiger charge is 2.34. The van der Waals surface area contributed by atoms with Crippen molar-refractivity contribution >= 4 is 28.4 Å². The van der Waals surface area contributed by atoms with E-state index in [-0.39, 0.29) is 0 Å². The van der Waals surface area contributed by atoms with E-state index in [9.17, 15) is 0 Å². The smallest absolute Gasteiger partial charge is 0.212 e. The zero-order chi connectivity index (χ0) is 14.4. The van der Waals surface area contributed by atoms with Crippen LogP contribution in [0, 0.1) is 5.92 Å². The maximum absolute atomic E-state index is 6.12. The second-order valence-corrected chi connectivity index (χ2v) is 6.28. The van der Waals surface area contributed by atoms with E-state index in [1.54, 1.807) is 7.11 Å². The van der Waals surface area contributed by atoms with Gasteiger partial charge < -0.3 is 19.5 Å². The summed E-state index contributed by atoms with van der Waals surface area (Å²) in [4.78, 5) is 2.51. The summed E-state index contributed by atoms with van der Waals surface area (Å²) in [6, 6.07) is 4.20. The first-order chi connectivity index (χ1) is 10.3. The molecule has 5 nitrogen and oxygen atoms in total. The van der Waals surface area contributed by atoms with Crippen LogP contribution in [-0.4, -0.2) is 42.8 Å². The average Bonchev–Trinajstić information content (AvgIpc) is 2.91. The Labute approximate surface area is 128 Å². The number of nitrogens with zero attached hydrogens (tertiary/aromatic N) is 2. The molecule has 0 aliphatic carbocycles. The molecule has 112 valence electrons. The van der Waals surface area contributed by atoms with Gasteiger partial charge in [-0.2, -0.15) is 0 Å². The van der Waals surface area contributed by atoms with Crippen molar-refractivity contribution in [1.82, 2.24) is 10.1 Å². The number of anilines is 1. The van der Waals surface area contributed by atoms with Crippen molar-refractivity contribution in [2.24, 2.45) is 5.92 Å². The highest BCUT2D eigenvalue weighted by atomic mass is 35.5. The molecule has 4 heterocycles. The van der Waals surface area contributed by atoms with Gasteiger partial charge >= 0.3 is 0 Å². The SMILES string of the molecule is COc1c(Cl)ccc2c(NC3CN4CCC3CC4)noc12. The van der Waals surface area contributed by atoms with Crippen LogP contribution in [0.1, 0.15) is 12.8 Å². The maximum Gasteiger partial charge on any atom is 0.212 e. The fourth-order valence-corrected chi connectivity index (χ4v) is 3.78. The molecule has 1 aromatic carbocycles. The van der Waals surface area contributed by atoms with Crippen LogP contribution in [0.25, 0.3) is 11.0 Å². The molecule has 0 saturated carbocycles. The molecule has 1 N–H and O–H groups in total. The van der Waals surface area contributed by atoms with Crippen molar-refractivity contribution < 1.29 is 9.26 Å². The molecule has 21 heavy (non-hydrogen) atoms. The van der Waals surface area contributed by atoms with Crippen molar-refractivity contribution in [3.63, 3.8) is 0 Å². The molecule has 3 saturated heterocycles. The van der Waals surface area contributed by atoms with E-state index in [4.69, 9.17) is 20.9 Å². The summed E-state index contributed by atoms with van der Waals surface area (Å²) in [7, 11) is 1.59. The normalized spacial score (nSPS) is 28.0. The number of hydrogen-bond donors (Lipinski definition) is 1. The third-order valence-corrected chi connectivity index (χ3v) is 5.03. The van der Waals surface area contributed by atoms with Crippen molar-refractivity contribution in [2.75, 3.05) is 32.1 Å². The Balaban J connectivity index is 1.65. The lowest BCUT2D eigenvalue weighted by Crippen LogP contribution is -2.53. The Hall–Kier alpha value is -1.46. The summed E-state index contributed by atoms with van der Waals surface area (Å²) in [6.45, 7) is 3.54. The molecule has 2 bridgehead atoms. The largest absolute Gasteiger partial charge is 0.491 e. The number of nitrogens with one attached hydrogen (secondary N) is 1. The fourth-order valence-electron chi connectivity index (χ4n) is 3.55. The molecular weight excluding hydrogens is 290 g/mol. The van der Waals surface area contributed by atoms with E-state index >= 15 is 0 Å². The van der Waals surface area contributed by atoms with Crippen molar-refractivity contribution in [1.29, 1.82) is 0 Å². The molecule has 0 spiro atoms. The number of fused-ring (bicyclic) bond motifs is 4. The minimum atomic E-state index is 0.447. The molecule has 0 radical (unpaired) electrons. The number of rotatable bonds is 3. The third-order valence-electron chi connectivity index (χ3n) is 4.73. The minimum absolute atomic E-state index is 0.447. The van der Waals surface area contributed by atoms with Crippen molar-refractivity contribution in [3.05, 3.63) is 17.2 Å². The lowest BCUT2D eigenvalue weighted by molar-refractivity contribution is 0.0973. The topological polar surface area (TPSA) is 50.5 Å². The van der Waals surface area contributed by atoms with E-state index in [0.29, 0.717) is 22.4 Å². The average molecular weight is 308 g/mol. The van der Waals surface area contributed by atoms with Crippen LogP contribution in [0.3, 0.4) is 0 Å². The van der Waals surface area contributed by atoms with E-state index in [2.05, 4.69) is 15.4 Å². The predicted molar refractivity (Wildman–Crippen MR) is 82.1 cm³/mol. The van der Waals surface area contributed by atoms with Crippen LogP contribution in [0.15, 0.2) is 16.7 Å². The number of methoxy groups -OCH3 is 1. The first-order valence-corrected chi connectivity index (χ1v) is 7.75. The van der Waals surface area contributed by atoms with Gasteiger partial charge in [0.15, 0.2) is 11.6 Å². The molecule has 3 fully saturated rings. The predicted octanol–water partition coefficient (Wildman–Crippen LogP) is 3.00. The summed E-state index contributed by atoms with van der Waals surface area (Å²) >= 11 is 6.12. The number of hydrogen-bond acceptors (Lipinski definition) is 5. The Morgan fingerprint density at radius 2 is 2.19 bits per heavy atom. The van der Waals surface area contributed by atoms with Gasteiger partial charge in [0.2, 0.25) is 5.58 Å². The van der Waals surface area contributed by atoms with Gasteiger partial charge in [0.1, 0.15) is 0 Å². The number of halogens is 1. The Morgan fingerprint density at radius 3 is 2.86 bits per heavy atom. The van der Waals surface area contributed by atoms with Crippen molar-refractivity contribution in [2.45, 2.75) is 18.9 Å². The van der Waals surface area contributed by atoms with Gasteiger partial charge in [-0.05, 0) is 44.0 Å². The van der Waals surface area contributed by atoms with Crippen LogP contribution >= 0.6 is 11.6 Å². The molecule has 5 rings (SSSR count). The zero-order valence-electron chi connectivity index (χ0n) is 11.9. The first kappa shape index (κ1) is 13.2. The third kappa shape index (κ3) is 2.15. The first-order valence-electron chi connectivity index (χ1n) is 7.37. The molecule has 0 amide bonds. The van der Waals surface area contributed by atoms with Crippen LogP contribution < -0.4 is 10.1 Å². The monoisotopic (exact) mass is 307 g/mol. The van der Waals surface area contributed by atoms with Crippen LogP contribution in [0.2, 0.25) is 5.02 Å². The highest BCUT2D eigenvalue weighted by Crippen LogP contribution is 2.37. The summed E-state index contributed by atoms with van der Waals surface area (Å²) in [6.07, 6.45) is 2.53. The van der Waals surface area contributed by atoms with Gasteiger partial charge in [-0.3, -0.25) is 0 Å². The Kier molecular flexibility index (Phi) is 3.19. The van der Waals surface area contributed by atoms with Gasteiger partial charge in [0, 0.05) is 12.6 Å². The van der Waals surface area contributed by atoms with E-state index < -0.39 is 0 Å². The van der Waals surface area contributed by atoms with Crippen LogP contribution in [0.5, 0.6) is 5.75 Å². The van der Waals surface area contributed by atoms with E-state index in [1.807, 2.05) is 12.1 Å². The second kappa shape index (κ2) is 5.07. The lowest BCUT2D eigenvalue weighted by atomic mass is 9.84. The number of piperidine rings is 3. The van der Waals surface area contributed by atoms with E-state index in [1.165, 1.54) is 25.9 Å². The Bertz CT molecular complexity index is 664. The second-order valence-electron chi connectivity index (χ2n) is 5.88. The molecule has 1 unspecified atom stereocenters. The molecule has 2 aromatic rings. The van der Waals surface area contributed by atoms with Gasteiger partial charge in [-0.1, -0.05) is 16.8 Å². The van der Waals surface area contributed by atoms with E-state index in [0.717, 1.165) is 23.7 Å².